The summed E-state index contributed by atoms with van der Waals surface area (Å²) in [5, 5.41) is 12.6. The van der Waals surface area contributed by atoms with Crippen molar-refractivity contribution >= 4 is 0 Å². The van der Waals surface area contributed by atoms with Crippen LogP contribution in [-0.4, -0.2) is 17.8 Å². The summed E-state index contributed by atoms with van der Waals surface area (Å²) in [5.74, 6) is -0.165. The summed E-state index contributed by atoms with van der Waals surface area (Å²) in [7, 11) is 0. The van der Waals surface area contributed by atoms with Crippen molar-refractivity contribution in [1.29, 1.82) is 0 Å². The number of aliphatic hydroxyl groups is 1. The quantitative estimate of drug-likeness (QED) is 0.855. The van der Waals surface area contributed by atoms with Gasteiger partial charge in [0.2, 0.25) is 0 Å². The van der Waals surface area contributed by atoms with Crippen molar-refractivity contribution in [2.24, 2.45) is 5.41 Å². The van der Waals surface area contributed by atoms with Crippen LogP contribution >= 0.6 is 0 Å². The summed E-state index contributed by atoms with van der Waals surface area (Å²) in [6, 6.07) is 7.57. The zero-order valence-electron chi connectivity index (χ0n) is 11.8. The Labute approximate surface area is 115 Å². The number of aliphatic hydroxyl groups excluding tert-OH is 1. The van der Waals surface area contributed by atoms with Crippen molar-refractivity contribution in [2.75, 3.05) is 6.61 Å². The fourth-order valence-corrected chi connectivity index (χ4v) is 3.05. The van der Waals surface area contributed by atoms with E-state index < -0.39 is 0 Å². The van der Waals surface area contributed by atoms with E-state index in [0.29, 0.717) is 6.04 Å². The number of rotatable bonds is 5. The van der Waals surface area contributed by atoms with E-state index in [1.54, 1.807) is 12.1 Å². The number of nitrogens with one attached hydrogen (secondary N) is 1. The molecule has 1 fully saturated rings. The molecule has 19 heavy (non-hydrogen) atoms. The second-order valence-corrected chi connectivity index (χ2v) is 6.22. The SMILES string of the molecule is CC(C)(CCCO)C1CCC(c2cccc(F)c2)N1. The average molecular weight is 265 g/mol. The number of benzene rings is 1. The fraction of sp³-hybridized carbons (Fsp3) is 0.625. The van der Waals surface area contributed by atoms with E-state index in [-0.39, 0.29) is 23.9 Å². The van der Waals surface area contributed by atoms with E-state index >= 15 is 0 Å². The molecule has 0 radical (unpaired) electrons. The van der Waals surface area contributed by atoms with Gasteiger partial charge in [-0.05, 0) is 48.8 Å². The number of hydrogen-bond acceptors (Lipinski definition) is 2. The van der Waals surface area contributed by atoms with Crippen molar-refractivity contribution in [3.05, 3.63) is 35.6 Å². The Morgan fingerprint density at radius 3 is 2.84 bits per heavy atom. The van der Waals surface area contributed by atoms with E-state index in [2.05, 4.69) is 19.2 Å². The Hall–Kier alpha value is -0.930. The molecule has 0 aliphatic carbocycles. The van der Waals surface area contributed by atoms with Crippen LogP contribution in [0.1, 0.15) is 51.1 Å². The lowest BCUT2D eigenvalue weighted by Crippen LogP contribution is -2.38. The van der Waals surface area contributed by atoms with E-state index in [4.69, 9.17) is 5.11 Å². The third-order valence-corrected chi connectivity index (χ3v) is 4.32. The van der Waals surface area contributed by atoms with Gasteiger partial charge in [-0.1, -0.05) is 26.0 Å². The first-order chi connectivity index (χ1) is 9.03. The first-order valence-corrected chi connectivity index (χ1v) is 7.15. The molecule has 3 heteroatoms. The predicted octanol–water partition coefficient (Wildman–Crippen LogP) is 3.42. The van der Waals surface area contributed by atoms with Crippen LogP contribution in [0.5, 0.6) is 0 Å². The highest BCUT2D eigenvalue weighted by Gasteiger charge is 2.35. The topological polar surface area (TPSA) is 32.3 Å². The van der Waals surface area contributed by atoms with E-state index in [1.807, 2.05) is 6.07 Å². The highest BCUT2D eigenvalue weighted by Crippen LogP contribution is 2.37. The van der Waals surface area contributed by atoms with E-state index in [0.717, 1.165) is 31.2 Å². The minimum absolute atomic E-state index is 0.165. The molecule has 0 bridgehead atoms. The molecule has 1 aromatic rings. The predicted molar refractivity (Wildman–Crippen MR) is 75.4 cm³/mol. The minimum atomic E-state index is -0.165. The van der Waals surface area contributed by atoms with Crippen LogP contribution in [0.3, 0.4) is 0 Å². The Kier molecular flexibility index (Phi) is 4.58. The van der Waals surface area contributed by atoms with Crippen LogP contribution < -0.4 is 5.32 Å². The molecule has 1 aromatic carbocycles. The van der Waals surface area contributed by atoms with Crippen LogP contribution in [-0.2, 0) is 0 Å². The van der Waals surface area contributed by atoms with Gasteiger partial charge >= 0.3 is 0 Å². The zero-order chi connectivity index (χ0) is 13.9. The van der Waals surface area contributed by atoms with Gasteiger partial charge in [0.25, 0.3) is 0 Å². The Morgan fingerprint density at radius 1 is 1.37 bits per heavy atom. The smallest absolute Gasteiger partial charge is 0.123 e. The summed E-state index contributed by atoms with van der Waals surface area (Å²) in [5.41, 5.74) is 1.21. The molecule has 1 saturated heterocycles. The number of hydrogen-bond donors (Lipinski definition) is 2. The normalized spacial score (nSPS) is 23.8. The molecule has 1 aliphatic rings. The molecule has 2 nitrogen and oxygen atoms in total. The van der Waals surface area contributed by atoms with Crippen LogP contribution in [0, 0.1) is 11.2 Å². The lowest BCUT2D eigenvalue weighted by atomic mass is 9.79. The van der Waals surface area contributed by atoms with Gasteiger partial charge < -0.3 is 10.4 Å². The molecule has 0 amide bonds. The molecule has 106 valence electrons. The molecule has 1 heterocycles. The molecule has 2 rings (SSSR count). The maximum atomic E-state index is 13.3. The lowest BCUT2D eigenvalue weighted by molar-refractivity contribution is 0.199. The molecule has 0 saturated carbocycles. The third kappa shape index (κ3) is 3.54. The highest BCUT2D eigenvalue weighted by atomic mass is 19.1. The van der Waals surface area contributed by atoms with E-state index in [9.17, 15) is 4.39 Å². The van der Waals surface area contributed by atoms with Gasteiger partial charge in [-0.15, -0.1) is 0 Å². The van der Waals surface area contributed by atoms with Crippen molar-refractivity contribution in [3.8, 4) is 0 Å². The van der Waals surface area contributed by atoms with Crippen LogP contribution in [0.2, 0.25) is 0 Å². The average Bonchev–Trinajstić information content (AvgIpc) is 2.87. The molecule has 0 spiro atoms. The van der Waals surface area contributed by atoms with Crippen molar-refractivity contribution in [3.63, 3.8) is 0 Å². The summed E-state index contributed by atoms with van der Waals surface area (Å²) in [6.07, 6.45) is 4.02. The van der Waals surface area contributed by atoms with Crippen molar-refractivity contribution in [1.82, 2.24) is 5.32 Å². The van der Waals surface area contributed by atoms with E-state index in [1.165, 1.54) is 6.07 Å². The zero-order valence-corrected chi connectivity index (χ0v) is 11.8. The summed E-state index contributed by atoms with van der Waals surface area (Å²) in [4.78, 5) is 0. The Balaban J connectivity index is 1.99. The monoisotopic (exact) mass is 265 g/mol. The minimum Gasteiger partial charge on any atom is -0.396 e. The van der Waals surface area contributed by atoms with Gasteiger partial charge in [0, 0.05) is 18.7 Å². The van der Waals surface area contributed by atoms with Gasteiger partial charge in [-0.25, -0.2) is 4.39 Å². The van der Waals surface area contributed by atoms with Gasteiger partial charge in [-0.3, -0.25) is 0 Å². The molecule has 2 atom stereocenters. The highest BCUT2D eigenvalue weighted by molar-refractivity contribution is 5.21. The second-order valence-electron chi connectivity index (χ2n) is 6.22. The first kappa shape index (κ1) is 14.5. The summed E-state index contributed by atoms with van der Waals surface area (Å²) >= 11 is 0. The fourth-order valence-electron chi connectivity index (χ4n) is 3.05. The van der Waals surface area contributed by atoms with Gasteiger partial charge in [0.15, 0.2) is 0 Å². The lowest BCUT2D eigenvalue weighted by Gasteiger charge is -2.32. The molecule has 0 aromatic heterocycles. The summed E-state index contributed by atoms with van der Waals surface area (Å²) < 4.78 is 13.3. The Bertz CT molecular complexity index is 419. The third-order valence-electron chi connectivity index (χ3n) is 4.32. The second kappa shape index (κ2) is 6.02. The van der Waals surface area contributed by atoms with Crippen molar-refractivity contribution < 1.29 is 9.50 Å². The van der Waals surface area contributed by atoms with Crippen molar-refractivity contribution in [2.45, 2.75) is 51.6 Å². The standard InChI is InChI=1S/C16H24FNO/c1-16(2,9-4-10-19)15-8-7-14(18-15)12-5-3-6-13(17)11-12/h3,5-6,11,14-15,18-19H,4,7-10H2,1-2H3. The van der Waals surface area contributed by atoms with Crippen LogP contribution in [0.4, 0.5) is 4.39 Å². The maximum Gasteiger partial charge on any atom is 0.123 e. The Morgan fingerprint density at radius 2 is 2.16 bits per heavy atom. The summed E-state index contributed by atoms with van der Waals surface area (Å²) in [6.45, 7) is 4.74. The van der Waals surface area contributed by atoms with Gasteiger partial charge in [0.05, 0.1) is 0 Å². The number of halogens is 1. The largest absolute Gasteiger partial charge is 0.396 e. The van der Waals surface area contributed by atoms with Crippen LogP contribution in [0.15, 0.2) is 24.3 Å². The molecular formula is C16H24FNO. The molecule has 2 N–H and O–H groups in total. The molecule has 2 unspecified atom stereocenters. The van der Waals surface area contributed by atoms with Gasteiger partial charge in [-0.2, -0.15) is 0 Å². The maximum absolute atomic E-state index is 13.3. The van der Waals surface area contributed by atoms with Crippen LogP contribution in [0.25, 0.3) is 0 Å². The van der Waals surface area contributed by atoms with Gasteiger partial charge in [0.1, 0.15) is 5.82 Å². The molecule has 1 aliphatic heterocycles. The molecular weight excluding hydrogens is 241 g/mol. The first-order valence-electron chi connectivity index (χ1n) is 7.15.